The van der Waals surface area contributed by atoms with Gasteiger partial charge in [0.15, 0.2) is 11.5 Å². The first-order valence-corrected chi connectivity index (χ1v) is 11.3. The van der Waals surface area contributed by atoms with Crippen LogP contribution in [0, 0.1) is 30.1 Å². The molecule has 0 radical (unpaired) electrons. The van der Waals surface area contributed by atoms with Gasteiger partial charge in [-0.05, 0) is 49.2 Å². The highest BCUT2D eigenvalue weighted by Crippen LogP contribution is 2.36. The highest BCUT2D eigenvalue weighted by Gasteiger charge is 2.37. The number of aromatic nitrogens is 4. The molecule has 1 N–H and O–H groups in total. The number of fused-ring (bicyclic) bond motifs is 4. The lowest BCUT2D eigenvalue weighted by Gasteiger charge is -2.22. The zero-order chi connectivity index (χ0) is 22.5. The molecule has 33 heavy (non-hydrogen) atoms. The van der Waals surface area contributed by atoms with Crippen molar-refractivity contribution in [1.82, 2.24) is 19.8 Å². The summed E-state index contributed by atoms with van der Waals surface area (Å²) in [5.74, 6) is 1.98. The second kappa shape index (κ2) is 7.71. The van der Waals surface area contributed by atoms with Crippen molar-refractivity contribution in [2.75, 3.05) is 36.5 Å². The predicted molar refractivity (Wildman–Crippen MR) is 126 cm³/mol. The lowest BCUT2D eigenvalue weighted by molar-refractivity contribution is 0.177. The van der Waals surface area contributed by atoms with E-state index in [9.17, 15) is 5.26 Å². The Bertz CT molecular complexity index is 1390. The van der Waals surface area contributed by atoms with Gasteiger partial charge in [0.25, 0.3) is 0 Å². The third-order valence-electron chi connectivity index (χ3n) is 7.15. The Morgan fingerprint density at radius 1 is 1.15 bits per heavy atom. The number of rotatable bonds is 4. The average molecular weight is 440 g/mol. The van der Waals surface area contributed by atoms with Crippen molar-refractivity contribution >= 4 is 27.9 Å². The van der Waals surface area contributed by atoms with Gasteiger partial charge < -0.3 is 15.0 Å². The largest absolute Gasteiger partial charge is 0.381 e. The molecular formula is C25H25N7O. The number of nitrogens with zero attached hydrogens (tertiary/aromatic N) is 6. The van der Waals surface area contributed by atoms with E-state index >= 15 is 0 Å². The van der Waals surface area contributed by atoms with E-state index in [1.54, 1.807) is 4.63 Å². The van der Waals surface area contributed by atoms with E-state index in [1.165, 1.54) is 12.0 Å². The fourth-order valence-electron chi connectivity index (χ4n) is 5.29. The fourth-order valence-corrected chi connectivity index (χ4v) is 5.29. The number of nitriles is 1. The first-order chi connectivity index (χ1) is 16.1. The molecule has 2 aliphatic rings. The minimum absolute atomic E-state index is 0.0399. The smallest absolute Gasteiger partial charge is 0.184 e. The Kier molecular flexibility index (Phi) is 4.66. The summed E-state index contributed by atoms with van der Waals surface area (Å²) in [6.45, 7) is 7.86. The molecule has 2 saturated heterocycles. The second-order valence-corrected chi connectivity index (χ2v) is 9.11. The van der Waals surface area contributed by atoms with Crippen molar-refractivity contribution in [2.45, 2.75) is 19.9 Å². The van der Waals surface area contributed by atoms with E-state index in [1.807, 2.05) is 19.1 Å². The Labute approximate surface area is 191 Å². The summed E-state index contributed by atoms with van der Waals surface area (Å²) in [5, 5.41) is 24.1. The Morgan fingerprint density at radius 3 is 2.76 bits per heavy atom. The van der Waals surface area contributed by atoms with Crippen LogP contribution in [0.5, 0.6) is 0 Å². The van der Waals surface area contributed by atoms with Gasteiger partial charge >= 0.3 is 0 Å². The first kappa shape index (κ1) is 19.9. The lowest BCUT2D eigenvalue weighted by Crippen LogP contribution is -2.22. The molecule has 4 aromatic rings. The zero-order valence-corrected chi connectivity index (χ0v) is 18.7. The van der Waals surface area contributed by atoms with Crippen LogP contribution in [-0.2, 0) is 4.74 Å². The quantitative estimate of drug-likeness (QED) is 0.518. The standard InChI is InChI=1S/C25H25N7O/c1-15-17(9-26)4-3-5-21(15)16(2)29-24-23-8-20(31-10-18-12-33-13-19(18)11-31)6-7-22(23)25-27-14-28-32(25)30-24/h3-8,14,16,18-19H,10-13H2,1-2H3,(H,29,30)/t16-,18-,19+/m1/s1. The van der Waals surface area contributed by atoms with Crippen LogP contribution >= 0.6 is 0 Å². The first-order valence-electron chi connectivity index (χ1n) is 11.3. The Balaban J connectivity index is 1.41. The van der Waals surface area contributed by atoms with Crippen molar-refractivity contribution in [1.29, 1.82) is 5.26 Å². The van der Waals surface area contributed by atoms with Gasteiger partial charge in [-0.1, -0.05) is 12.1 Å². The van der Waals surface area contributed by atoms with Crippen molar-refractivity contribution in [3.05, 3.63) is 59.4 Å². The molecule has 4 heterocycles. The molecule has 6 rings (SSSR count). The van der Waals surface area contributed by atoms with E-state index in [4.69, 9.17) is 9.84 Å². The minimum atomic E-state index is -0.0399. The maximum atomic E-state index is 9.43. The Hall–Kier alpha value is -3.70. The maximum Gasteiger partial charge on any atom is 0.184 e. The number of hydrogen-bond acceptors (Lipinski definition) is 7. The summed E-state index contributed by atoms with van der Waals surface area (Å²) in [7, 11) is 0. The van der Waals surface area contributed by atoms with E-state index in [-0.39, 0.29) is 6.04 Å². The highest BCUT2D eigenvalue weighted by atomic mass is 16.5. The van der Waals surface area contributed by atoms with Gasteiger partial charge in [-0.2, -0.15) is 5.26 Å². The summed E-state index contributed by atoms with van der Waals surface area (Å²) in [6, 6.07) is 14.6. The molecule has 0 saturated carbocycles. The van der Waals surface area contributed by atoms with Crippen LogP contribution in [0.3, 0.4) is 0 Å². The second-order valence-electron chi connectivity index (χ2n) is 9.11. The summed E-state index contributed by atoms with van der Waals surface area (Å²) in [6.07, 6.45) is 1.53. The molecule has 0 amide bonds. The average Bonchev–Trinajstić information content (AvgIpc) is 3.55. The van der Waals surface area contributed by atoms with E-state index in [2.05, 4.69) is 57.6 Å². The molecule has 0 bridgehead atoms. The van der Waals surface area contributed by atoms with Crippen LogP contribution in [0.15, 0.2) is 42.7 Å². The van der Waals surface area contributed by atoms with Crippen molar-refractivity contribution in [3.8, 4) is 6.07 Å². The van der Waals surface area contributed by atoms with Gasteiger partial charge in [0.1, 0.15) is 6.33 Å². The molecule has 3 atom stereocenters. The van der Waals surface area contributed by atoms with Gasteiger partial charge in [0.05, 0.1) is 30.9 Å². The van der Waals surface area contributed by atoms with E-state index in [0.29, 0.717) is 17.4 Å². The molecule has 8 heteroatoms. The zero-order valence-electron chi connectivity index (χ0n) is 18.7. The number of ether oxygens (including phenoxy) is 1. The molecule has 0 aliphatic carbocycles. The summed E-state index contributed by atoms with van der Waals surface area (Å²) in [5.41, 5.74) is 4.69. The van der Waals surface area contributed by atoms with Crippen LogP contribution < -0.4 is 10.2 Å². The number of hydrogen-bond donors (Lipinski definition) is 1. The minimum Gasteiger partial charge on any atom is -0.381 e. The van der Waals surface area contributed by atoms with Gasteiger partial charge in [0, 0.05) is 41.4 Å². The van der Waals surface area contributed by atoms with E-state index in [0.717, 1.165) is 59.7 Å². The van der Waals surface area contributed by atoms with Crippen molar-refractivity contribution in [3.63, 3.8) is 0 Å². The molecule has 2 fully saturated rings. The monoisotopic (exact) mass is 439 g/mol. The van der Waals surface area contributed by atoms with Gasteiger partial charge in [0.2, 0.25) is 0 Å². The van der Waals surface area contributed by atoms with Crippen LogP contribution in [-0.4, -0.2) is 46.1 Å². The van der Waals surface area contributed by atoms with Crippen LogP contribution in [0.2, 0.25) is 0 Å². The number of anilines is 2. The number of nitrogens with one attached hydrogen (secondary N) is 1. The molecule has 2 aromatic heterocycles. The number of benzene rings is 2. The van der Waals surface area contributed by atoms with Crippen LogP contribution in [0.4, 0.5) is 11.5 Å². The van der Waals surface area contributed by atoms with Crippen LogP contribution in [0.25, 0.3) is 16.4 Å². The molecular weight excluding hydrogens is 414 g/mol. The van der Waals surface area contributed by atoms with E-state index < -0.39 is 0 Å². The van der Waals surface area contributed by atoms with Gasteiger partial charge in [-0.25, -0.2) is 4.98 Å². The predicted octanol–water partition coefficient (Wildman–Crippen LogP) is 3.71. The highest BCUT2D eigenvalue weighted by molar-refractivity contribution is 6.01. The fraction of sp³-hybridized carbons (Fsp3) is 0.360. The molecule has 0 spiro atoms. The molecule has 2 aromatic carbocycles. The Morgan fingerprint density at radius 2 is 1.97 bits per heavy atom. The topological polar surface area (TPSA) is 91.4 Å². The SMILES string of the molecule is Cc1c(C#N)cccc1[C@@H](C)Nc1nn2ncnc2c2ccc(N3C[C@H]4COC[C@H]4C3)cc12. The summed E-state index contributed by atoms with van der Waals surface area (Å²) >= 11 is 0. The molecule has 166 valence electrons. The normalized spacial score (nSPS) is 20.8. The van der Waals surface area contributed by atoms with Crippen LogP contribution in [0.1, 0.15) is 29.7 Å². The summed E-state index contributed by atoms with van der Waals surface area (Å²) in [4.78, 5) is 6.89. The lowest BCUT2D eigenvalue weighted by atomic mass is 9.98. The third-order valence-corrected chi connectivity index (χ3v) is 7.15. The maximum absolute atomic E-state index is 9.43. The van der Waals surface area contributed by atoms with Gasteiger partial charge in [-0.3, -0.25) is 0 Å². The molecule has 8 nitrogen and oxygen atoms in total. The van der Waals surface area contributed by atoms with Gasteiger partial charge in [-0.15, -0.1) is 14.8 Å². The van der Waals surface area contributed by atoms with Crippen molar-refractivity contribution in [2.24, 2.45) is 11.8 Å². The third kappa shape index (κ3) is 3.28. The van der Waals surface area contributed by atoms with Crippen molar-refractivity contribution < 1.29 is 4.74 Å². The summed E-state index contributed by atoms with van der Waals surface area (Å²) < 4.78 is 7.23. The molecule has 0 unspecified atom stereocenters. The molecule has 2 aliphatic heterocycles.